The summed E-state index contributed by atoms with van der Waals surface area (Å²) in [6.45, 7) is 14.8. The van der Waals surface area contributed by atoms with Crippen LogP contribution in [0.15, 0.2) is 182 Å². The van der Waals surface area contributed by atoms with Crippen LogP contribution in [-0.4, -0.2) is 0 Å². The van der Waals surface area contributed by atoms with Gasteiger partial charge in [0.05, 0.1) is 0 Å². The van der Waals surface area contributed by atoms with Crippen molar-refractivity contribution >= 4 is 75.4 Å². The third kappa shape index (κ3) is 4.82. The molecule has 0 nitrogen and oxygen atoms in total. The number of hydrogen-bond donors (Lipinski definition) is 0. The Morgan fingerprint density at radius 1 is 0.295 bits per heavy atom. The van der Waals surface area contributed by atoms with Gasteiger partial charge < -0.3 is 0 Å². The molecule has 11 aromatic rings. The number of rotatable bonds is 2. The molecule has 0 bridgehead atoms. The molecular formula is C61H48. The second-order valence-corrected chi connectivity index (χ2v) is 19.6. The van der Waals surface area contributed by atoms with Crippen molar-refractivity contribution in [3.05, 3.63) is 193 Å². The van der Waals surface area contributed by atoms with Crippen molar-refractivity contribution in [3.8, 4) is 33.4 Å². The van der Waals surface area contributed by atoms with Gasteiger partial charge in [-0.05, 0) is 155 Å². The Morgan fingerprint density at radius 2 is 0.721 bits per heavy atom. The van der Waals surface area contributed by atoms with Crippen molar-refractivity contribution in [1.82, 2.24) is 0 Å². The predicted molar refractivity (Wildman–Crippen MR) is 265 cm³/mol. The highest BCUT2D eigenvalue weighted by atomic mass is 14.6. The Hall–Kier alpha value is -6.76. The van der Waals surface area contributed by atoms with E-state index in [1.807, 2.05) is 0 Å². The zero-order valence-corrected chi connectivity index (χ0v) is 35.8. The second kappa shape index (κ2) is 12.6. The molecule has 61 heavy (non-hydrogen) atoms. The zero-order chi connectivity index (χ0) is 41.4. The van der Waals surface area contributed by atoms with E-state index in [-0.39, 0.29) is 16.2 Å². The minimum atomic E-state index is -0.276. The van der Waals surface area contributed by atoms with Gasteiger partial charge in [-0.25, -0.2) is 0 Å². The third-order valence-electron chi connectivity index (χ3n) is 14.5. The Bertz CT molecular complexity index is 3590. The number of hydrogen-bond acceptors (Lipinski definition) is 0. The molecule has 0 atom stereocenters. The van der Waals surface area contributed by atoms with E-state index in [1.54, 1.807) is 0 Å². The van der Waals surface area contributed by atoms with Gasteiger partial charge in [-0.15, -0.1) is 0 Å². The molecule has 1 aliphatic carbocycles. The zero-order valence-electron chi connectivity index (χ0n) is 35.8. The van der Waals surface area contributed by atoms with E-state index in [2.05, 4.69) is 224 Å². The van der Waals surface area contributed by atoms with Crippen molar-refractivity contribution in [3.63, 3.8) is 0 Å². The smallest absolute Gasteiger partial charge is 0.0318 e. The van der Waals surface area contributed by atoms with E-state index in [4.69, 9.17) is 0 Å². The highest BCUT2D eigenvalue weighted by molar-refractivity contribution is 6.26. The van der Waals surface area contributed by atoms with E-state index >= 15 is 0 Å². The van der Waals surface area contributed by atoms with E-state index in [0.717, 1.165) is 0 Å². The third-order valence-corrected chi connectivity index (χ3v) is 14.5. The molecule has 11 aromatic carbocycles. The first-order valence-corrected chi connectivity index (χ1v) is 21.9. The van der Waals surface area contributed by atoms with Crippen molar-refractivity contribution in [1.29, 1.82) is 0 Å². The molecule has 0 saturated heterocycles. The standard InChI is InChI=1S/C61H48/c1-59(2,3)61(60(4,5)6)54-36-40-33-39(32-31-37(40)34-53(54)57-46-25-13-11-22-43(46)44-23-12-18-30-51(44)58(57)61)55-47-26-14-16-28-49(47)56(50-29-17-15-27-48(50)55)52-35-38-19-7-8-20-41(38)42-21-9-10-24-45(42)52/h7-36H,1-6H3. The number of benzene rings is 11. The lowest BCUT2D eigenvalue weighted by Gasteiger charge is -2.53. The summed E-state index contributed by atoms with van der Waals surface area (Å²) < 4.78 is 0. The van der Waals surface area contributed by atoms with Crippen molar-refractivity contribution < 1.29 is 0 Å². The van der Waals surface area contributed by atoms with Crippen LogP contribution in [-0.2, 0) is 5.41 Å². The fourth-order valence-corrected chi connectivity index (χ4v) is 12.6. The van der Waals surface area contributed by atoms with Gasteiger partial charge in [-0.2, -0.15) is 0 Å². The van der Waals surface area contributed by atoms with Crippen molar-refractivity contribution in [2.75, 3.05) is 0 Å². The summed E-state index contributed by atoms with van der Waals surface area (Å²) in [4.78, 5) is 0. The lowest BCUT2D eigenvalue weighted by Crippen LogP contribution is -2.50. The van der Waals surface area contributed by atoms with Gasteiger partial charge in [0.2, 0.25) is 0 Å². The molecule has 0 fully saturated rings. The van der Waals surface area contributed by atoms with Crippen molar-refractivity contribution in [2.24, 2.45) is 10.8 Å². The van der Waals surface area contributed by atoms with Gasteiger partial charge in [-0.3, -0.25) is 0 Å². The summed E-state index contributed by atoms with van der Waals surface area (Å²) in [5, 5.41) is 18.2. The van der Waals surface area contributed by atoms with E-state index in [0.29, 0.717) is 0 Å². The number of fused-ring (bicyclic) bond motifs is 14. The first kappa shape index (κ1) is 36.1. The molecule has 0 spiro atoms. The molecule has 0 aliphatic heterocycles. The summed E-state index contributed by atoms with van der Waals surface area (Å²) in [5.74, 6) is 0. The summed E-state index contributed by atoms with van der Waals surface area (Å²) >= 11 is 0. The van der Waals surface area contributed by atoms with Crippen LogP contribution in [0.5, 0.6) is 0 Å². The van der Waals surface area contributed by atoms with Gasteiger partial charge >= 0.3 is 0 Å². The van der Waals surface area contributed by atoms with Gasteiger partial charge in [-0.1, -0.05) is 199 Å². The fraction of sp³-hybridized carbons (Fsp3) is 0.148. The summed E-state index contributed by atoms with van der Waals surface area (Å²) in [6.07, 6.45) is 0. The lowest BCUT2D eigenvalue weighted by atomic mass is 9.49. The van der Waals surface area contributed by atoms with Gasteiger partial charge in [0, 0.05) is 5.41 Å². The molecule has 0 saturated carbocycles. The Labute approximate surface area is 358 Å². The van der Waals surface area contributed by atoms with Gasteiger partial charge in [0.15, 0.2) is 0 Å². The van der Waals surface area contributed by atoms with E-state index in [1.165, 1.54) is 120 Å². The topological polar surface area (TPSA) is 0 Å². The van der Waals surface area contributed by atoms with Crippen LogP contribution in [0.1, 0.15) is 52.7 Å². The normalized spacial score (nSPS) is 13.9. The average molecular weight is 781 g/mol. The maximum absolute atomic E-state index is 2.59. The molecule has 1 aliphatic rings. The van der Waals surface area contributed by atoms with E-state index in [9.17, 15) is 0 Å². The highest BCUT2D eigenvalue weighted by Crippen LogP contribution is 2.67. The highest BCUT2D eigenvalue weighted by Gasteiger charge is 2.58. The van der Waals surface area contributed by atoms with Gasteiger partial charge in [0.25, 0.3) is 0 Å². The maximum atomic E-state index is 2.59. The molecule has 0 radical (unpaired) electrons. The molecule has 0 amide bonds. The molecule has 12 rings (SSSR count). The monoisotopic (exact) mass is 780 g/mol. The van der Waals surface area contributed by atoms with Crippen LogP contribution in [0, 0.1) is 10.8 Å². The maximum Gasteiger partial charge on any atom is 0.0318 e. The van der Waals surface area contributed by atoms with Crippen LogP contribution in [0.4, 0.5) is 0 Å². The molecule has 0 heterocycles. The molecular weight excluding hydrogens is 733 g/mol. The van der Waals surface area contributed by atoms with Crippen LogP contribution < -0.4 is 0 Å². The van der Waals surface area contributed by atoms with E-state index < -0.39 is 0 Å². The van der Waals surface area contributed by atoms with Gasteiger partial charge in [0.1, 0.15) is 0 Å². The largest absolute Gasteiger partial charge is 0.0616 e. The Kier molecular flexibility index (Phi) is 7.48. The first-order valence-electron chi connectivity index (χ1n) is 21.9. The van der Waals surface area contributed by atoms with Crippen LogP contribution in [0.3, 0.4) is 0 Å². The molecule has 292 valence electrons. The fourth-order valence-electron chi connectivity index (χ4n) is 12.6. The first-order chi connectivity index (χ1) is 29.6. The van der Waals surface area contributed by atoms with Crippen molar-refractivity contribution in [2.45, 2.75) is 47.0 Å². The Morgan fingerprint density at radius 3 is 1.30 bits per heavy atom. The molecule has 0 unspecified atom stereocenters. The summed E-state index contributed by atoms with van der Waals surface area (Å²) in [6, 6.07) is 69.0. The molecule has 0 N–H and O–H groups in total. The summed E-state index contributed by atoms with van der Waals surface area (Å²) in [7, 11) is 0. The Balaban J connectivity index is 1.16. The van der Waals surface area contributed by atoms with Crippen LogP contribution in [0.2, 0.25) is 0 Å². The minimum absolute atomic E-state index is 0.100. The average Bonchev–Trinajstić information content (AvgIpc) is 3.59. The minimum Gasteiger partial charge on any atom is -0.0616 e. The summed E-state index contributed by atoms with van der Waals surface area (Å²) in [5.41, 5.74) is 10.4. The predicted octanol–water partition coefficient (Wildman–Crippen LogP) is 17.5. The lowest BCUT2D eigenvalue weighted by molar-refractivity contribution is 0.0965. The van der Waals surface area contributed by atoms with Crippen LogP contribution in [0.25, 0.3) is 109 Å². The quantitative estimate of drug-likeness (QED) is 0.121. The molecule has 0 aromatic heterocycles. The molecule has 0 heteroatoms. The van der Waals surface area contributed by atoms with Crippen LogP contribution >= 0.6 is 0 Å². The SMILES string of the molecule is CC(C)(C)C1(C(C)(C)C)c2cc3cc(-c4c5ccccc5c(-c5cc6ccccc6c6ccccc56)c5ccccc45)ccc3cc2-c2c1c1ccccc1c1ccccc21. The second-order valence-electron chi connectivity index (χ2n) is 19.6.